The van der Waals surface area contributed by atoms with Crippen LogP contribution < -0.4 is 0 Å². The van der Waals surface area contributed by atoms with Gasteiger partial charge in [-0.1, -0.05) is 24.6 Å². The smallest absolute Gasteiger partial charge is 0.128 e. The summed E-state index contributed by atoms with van der Waals surface area (Å²) in [6, 6.07) is 6.56. The van der Waals surface area contributed by atoms with Gasteiger partial charge in [-0.2, -0.15) is 0 Å². The van der Waals surface area contributed by atoms with E-state index < -0.39 is 6.10 Å². The molecule has 3 nitrogen and oxygen atoms in total. The molecule has 1 saturated heterocycles. The van der Waals surface area contributed by atoms with Crippen LogP contribution >= 0.6 is 12.4 Å². The zero-order valence-electron chi connectivity index (χ0n) is 11.6. The molecule has 1 aromatic carbocycles. The maximum absolute atomic E-state index is 13.3. The van der Waals surface area contributed by atoms with Gasteiger partial charge in [0.2, 0.25) is 0 Å². The highest BCUT2D eigenvalue weighted by Crippen LogP contribution is 2.10. The first kappa shape index (κ1) is 17.4. The number of likely N-dealkylation sites (tertiary alicyclic amines) is 1. The van der Waals surface area contributed by atoms with E-state index >= 15 is 0 Å². The Morgan fingerprint density at radius 3 is 2.60 bits per heavy atom. The van der Waals surface area contributed by atoms with Crippen LogP contribution in [-0.2, 0) is 11.3 Å². The van der Waals surface area contributed by atoms with E-state index in [0.29, 0.717) is 12.1 Å². The first-order valence-corrected chi connectivity index (χ1v) is 6.97. The minimum Gasteiger partial charge on any atom is -0.389 e. The lowest BCUT2D eigenvalue weighted by Gasteiger charge is -2.28. The Morgan fingerprint density at radius 2 is 1.90 bits per heavy atom. The van der Waals surface area contributed by atoms with Gasteiger partial charge in [0.1, 0.15) is 5.82 Å². The molecule has 1 heterocycles. The van der Waals surface area contributed by atoms with Crippen molar-refractivity contribution in [2.24, 2.45) is 0 Å². The summed E-state index contributed by atoms with van der Waals surface area (Å²) in [5.74, 6) is -0.256. The van der Waals surface area contributed by atoms with E-state index in [1.807, 2.05) is 0 Å². The van der Waals surface area contributed by atoms with E-state index in [1.165, 1.54) is 25.3 Å². The molecular weight excluding hydrogens is 281 g/mol. The topological polar surface area (TPSA) is 32.7 Å². The van der Waals surface area contributed by atoms with Gasteiger partial charge in [0.25, 0.3) is 0 Å². The predicted octanol–water partition coefficient (Wildman–Crippen LogP) is 2.61. The lowest BCUT2D eigenvalue weighted by Crippen LogP contribution is -2.38. The number of ether oxygens (including phenoxy) is 1. The van der Waals surface area contributed by atoms with Gasteiger partial charge in [0, 0.05) is 12.1 Å². The second-order valence-corrected chi connectivity index (χ2v) is 5.12. The van der Waals surface area contributed by atoms with E-state index in [1.54, 1.807) is 18.2 Å². The van der Waals surface area contributed by atoms with Crippen LogP contribution in [0, 0.1) is 5.82 Å². The lowest BCUT2D eigenvalue weighted by atomic mass is 10.1. The lowest BCUT2D eigenvalue weighted by molar-refractivity contribution is 0.00641. The number of aliphatic hydroxyl groups is 1. The number of benzene rings is 1. The quantitative estimate of drug-likeness (QED) is 0.877. The molecule has 1 aliphatic heterocycles. The molecule has 1 fully saturated rings. The summed E-state index contributed by atoms with van der Waals surface area (Å²) in [6.07, 6.45) is 3.21. The van der Waals surface area contributed by atoms with Crippen LogP contribution in [-0.4, -0.2) is 42.4 Å². The third-order valence-electron chi connectivity index (χ3n) is 3.44. The fourth-order valence-electron chi connectivity index (χ4n) is 2.41. The number of β-amino-alcohol motifs (C(OH)–C–C–N with tert-alkyl or cyclic N) is 1. The number of piperidine rings is 1. The van der Waals surface area contributed by atoms with Crippen molar-refractivity contribution in [2.45, 2.75) is 32.0 Å². The van der Waals surface area contributed by atoms with Crippen LogP contribution in [0.1, 0.15) is 24.8 Å². The van der Waals surface area contributed by atoms with Crippen LogP contribution in [0.2, 0.25) is 0 Å². The Morgan fingerprint density at radius 1 is 1.20 bits per heavy atom. The Bertz CT molecular complexity index is 386. The standard InChI is InChI=1S/C15H22FNO2.ClH/c16-15-7-3-2-6-13(15)11-19-12-14(18)10-17-8-4-1-5-9-17;/h2-3,6-7,14,18H,1,4-5,8-12H2;1H. The number of rotatable bonds is 6. The molecule has 0 saturated carbocycles. The van der Waals surface area contributed by atoms with Gasteiger partial charge < -0.3 is 14.7 Å². The Hall–Kier alpha value is -0.680. The number of aliphatic hydroxyl groups excluding tert-OH is 1. The molecule has 0 aromatic heterocycles. The van der Waals surface area contributed by atoms with Gasteiger partial charge in [0.15, 0.2) is 0 Å². The molecule has 5 heteroatoms. The van der Waals surface area contributed by atoms with Crippen LogP contribution in [0.4, 0.5) is 4.39 Å². The molecular formula is C15H23ClFNO2. The van der Waals surface area contributed by atoms with Crippen LogP contribution in [0.15, 0.2) is 24.3 Å². The van der Waals surface area contributed by atoms with E-state index in [0.717, 1.165) is 13.1 Å². The third-order valence-corrected chi connectivity index (χ3v) is 3.44. The third kappa shape index (κ3) is 5.75. The Labute approximate surface area is 126 Å². The summed E-state index contributed by atoms with van der Waals surface area (Å²) >= 11 is 0. The number of hydrogen-bond acceptors (Lipinski definition) is 3. The second kappa shape index (κ2) is 9.29. The number of halogens is 2. The van der Waals surface area contributed by atoms with Gasteiger partial charge in [-0.05, 0) is 32.0 Å². The van der Waals surface area contributed by atoms with Crippen LogP contribution in [0.25, 0.3) is 0 Å². The minimum atomic E-state index is -0.495. The maximum atomic E-state index is 13.3. The van der Waals surface area contributed by atoms with Crippen molar-refractivity contribution in [3.8, 4) is 0 Å². The van der Waals surface area contributed by atoms with Crippen LogP contribution in [0.5, 0.6) is 0 Å². The highest BCUT2D eigenvalue weighted by molar-refractivity contribution is 5.85. The van der Waals surface area contributed by atoms with Gasteiger partial charge in [-0.15, -0.1) is 12.4 Å². The van der Waals surface area contributed by atoms with Gasteiger partial charge in [0.05, 0.1) is 19.3 Å². The monoisotopic (exact) mass is 303 g/mol. The van der Waals surface area contributed by atoms with Crippen molar-refractivity contribution in [3.63, 3.8) is 0 Å². The average molecular weight is 304 g/mol. The Kier molecular flexibility index (Phi) is 8.07. The molecule has 2 rings (SSSR count). The van der Waals surface area contributed by atoms with Crippen molar-refractivity contribution >= 4 is 12.4 Å². The molecule has 20 heavy (non-hydrogen) atoms. The van der Waals surface area contributed by atoms with Crippen molar-refractivity contribution in [1.82, 2.24) is 4.90 Å². The van der Waals surface area contributed by atoms with E-state index in [4.69, 9.17) is 4.74 Å². The van der Waals surface area contributed by atoms with E-state index in [2.05, 4.69) is 4.90 Å². The van der Waals surface area contributed by atoms with Crippen molar-refractivity contribution < 1.29 is 14.2 Å². The first-order chi connectivity index (χ1) is 9.25. The normalized spacial score (nSPS) is 17.5. The summed E-state index contributed by atoms with van der Waals surface area (Å²) in [7, 11) is 0. The SMILES string of the molecule is Cl.OC(COCc1ccccc1F)CN1CCCCC1. The molecule has 1 N–H and O–H groups in total. The molecule has 0 aliphatic carbocycles. The van der Waals surface area contributed by atoms with Gasteiger partial charge in [-0.25, -0.2) is 4.39 Å². The molecule has 1 atom stereocenters. The molecule has 0 spiro atoms. The number of hydrogen-bond donors (Lipinski definition) is 1. The van der Waals surface area contributed by atoms with Gasteiger partial charge >= 0.3 is 0 Å². The zero-order valence-corrected chi connectivity index (χ0v) is 12.4. The van der Waals surface area contributed by atoms with Crippen molar-refractivity contribution in [1.29, 1.82) is 0 Å². The summed E-state index contributed by atoms with van der Waals surface area (Å²) in [5.41, 5.74) is 0.535. The summed E-state index contributed by atoms with van der Waals surface area (Å²) in [4.78, 5) is 2.26. The van der Waals surface area contributed by atoms with E-state index in [-0.39, 0.29) is 31.4 Å². The molecule has 1 aliphatic rings. The molecule has 1 unspecified atom stereocenters. The minimum absolute atomic E-state index is 0. The summed E-state index contributed by atoms with van der Waals surface area (Å²) in [5, 5.41) is 9.89. The Balaban J connectivity index is 0.00000200. The fraction of sp³-hybridized carbons (Fsp3) is 0.600. The molecule has 0 bridgehead atoms. The first-order valence-electron chi connectivity index (χ1n) is 6.97. The second-order valence-electron chi connectivity index (χ2n) is 5.12. The molecule has 0 radical (unpaired) electrons. The number of nitrogens with zero attached hydrogens (tertiary/aromatic N) is 1. The van der Waals surface area contributed by atoms with E-state index in [9.17, 15) is 9.50 Å². The van der Waals surface area contributed by atoms with Gasteiger partial charge in [-0.3, -0.25) is 0 Å². The highest BCUT2D eigenvalue weighted by atomic mass is 35.5. The average Bonchev–Trinajstić information content (AvgIpc) is 2.42. The molecule has 0 amide bonds. The maximum Gasteiger partial charge on any atom is 0.128 e. The summed E-state index contributed by atoms with van der Waals surface area (Å²) < 4.78 is 18.7. The molecule has 1 aromatic rings. The van der Waals surface area contributed by atoms with Crippen molar-refractivity contribution in [3.05, 3.63) is 35.6 Å². The fourth-order valence-corrected chi connectivity index (χ4v) is 2.41. The van der Waals surface area contributed by atoms with Crippen molar-refractivity contribution in [2.75, 3.05) is 26.2 Å². The highest BCUT2D eigenvalue weighted by Gasteiger charge is 2.14. The zero-order chi connectivity index (χ0) is 13.5. The summed E-state index contributed by atoms with van der Waals surface area (Å²) in [6.45, 7) is 3.24. The largest absolute Gasteiger partial charge is 0.389 e. The molecule has 114 valence electrons. The predicted molar refractivity (Wildman–Crippen MR) is 79.6 cm³/mol. The van der Waals surface area contributed by atoms with Crippen LogP contribution in [0.3, 0.4) is 0 Å².